The highest BCUT2D eigenvalue weighted by atomic mass is 16.7. The smallest absolute Gasteiger partial charge is 0.305 e. The molecule has 1 fully saturated rings. The van der Waals surface area contributed by atoms with Gasteiger partial charge in [0.25, 0.3) is 0 Å². The summed E-state index contributed by atoms with van der Waals surface area (Å²) in [7, 11) is 1.42. The lowest BCUT2D eigenvalue weighted by atomic mass is 9.95. The molecule has 2 unspecified atom stereocenters. The van der Waals surface area contributed by atoms with Crippen molar-refractivity contribution in [3.05, 3.63) is 35.3 Å². The third kappa shape index (κ3) is 7.46. The monoisotopic (exact) mass is 458 g/mol. The summed E-state index contributed by atoms with van der Waals surface area (Å²) in [5, 5.41) is 10.6. The number of hydrogen-bond donors (Lipinski definition) is 1. The molecule has 0 bridgehead atoms. The Morgan fingerprint density at radius 1 is 1.36 bits per heavy atom. The SMILES string of the molecule is CC#CCC(C)[C@H](O)/C=C/[C@@H]1c2cc(CCCCC(=O)OC)oc2C[C@H]1OC1CCCCO1. The molecule has 182 valence electrons. The zero-order valence-corrected chi connectivity index (χ0v) is 20.2. The van der Waals surface area contributed by atoms with Crippen molar-refractivity contribution in [1.82, 2.24) is 0 Å². The fraction of sp³-hybridized carbons (Fsp3) is 0.667. The predicted octanol–water partition coefficient (Wildman–Crippen LogP) is 4.68. The second kappa shape index (κ2) is 13.0. The van der Waals surface area contributed by atoms with Gasteiger partial charge in [-0.05, 0) is 51.0 Å². The van der Waals surface area contributed by atoms with E-state index in [1.54, 1.807) is 0 Å². The van der Waals surface area contributed by atoms with E-state index < -0.39 is 6.10 Å². The summed E-state index contributed by atoms with van der Waals surface area (Å²) in [5.74, 6) is 7.72. The van der Waals surface area contributed by atoms with Gasteiger partial charge in [0.2, 0.25) is 0 Å². The van der Waals surface area contributed by atoms with Gasteiger partial charge in [0.1, 0.15) is 11.5 Å². The Labute approximate surface area is 197 Å². The van der Waals surface area contributed by atoms with Crippen LogP contribution in [0.3, 0.4) is 0 Å². The van der Waals surface area contributed by atoms with E-state index in [0.717, 1.165) is 62.2 Å². The molecule has 1 aromatic rings. The normalized spacial score (nSPS) is 24.2. The number of carbonyl (C=O) groups excluding carboxylic acids is 1. The van der Waals surface area contributed by atoms with Gasteiger partial charge >= 0.3 is 5.97 Å². The maximum Gasteiger partial charge on any atom is 0.305 e. The summed E-state index contributed by atoms with van der Waals surface area (Å²) < 4.78 is 23.0. The van der Waals surface area contributed by atoms with E-state index in [1.807, 2.05) is 19.9 Å². The number of methoxy groups -OCH3 is 1. The Morgan fingerprint density at radius 2 is 2.21 bits per heavy atom. The molecule has 1 N–H and O–H groups in total. The number of esters is 1. The summed E-state index contributed by atoms with van der Waals surface area (Å²) in [4.78, 5) is 11.3. The van der Waals surface area contributed by atoms with Crippen LogP contribution in [-0.2, 0) is 31.8 Å². The van der Waals surface area contributed by atoms with Crippen molar-refractivity contribution < 1.29 is 28.5 Å². The zero-order chi connectivity index (χ0) is 23.6. The van der Waals surface area contributed by atoms with Gasteiger partial charge in [-0.1, -0.05) is 19.1 Å². The highest BCUT2D eigenvalue weighted by molar-refractivity contribution is 5.68. The molecule has 0 aromatic carbocycles. The first kappa shape index (κ1) is 25.6. The highest BCUT2D eigenvalue weighted by Gasteiger charge is 2.37. The van der Waals surface area contributed by atoms with Crippen molar-refractivity contribution in [2.45, 2.75) is 96.1 Å². The maximum atomic E-state index is 11.3. The first-order chi connectivity index (χ1) is 16.0. The van der Waals surface area contributed by atoms with Gasteiger partial charge in [-0.2, -0.15) is 0 Å². The molecule has 33 heavy (non-hydrogen) atoms. The van der Waals surface area contributed by atoms with Gasteiger partial charge in [-0.3, -0.25) is 4.79 Å². The van der Waals surface area contributed by atoms with Crippen molar-refractivity contribution in [3.8, 4) is 11.8 Å². The van der Waals surface area contributed by atoms with Crippen LogP contribution in [-0.4, -0.2) is 43.3 Å². The molecule has 0 spiro atoms. The lowest BCUT2D eigenvalue weighted by Crippen LogP contribution is -2.30. The lowest BCUT2D eigenvalue weighted by molar-refractivity contribution is -0.188. The van der Waals surface area contributed by atoms with Crippen molar-refractivity contribution in [2.24, 2.45) is 5.92 Å². The molecule has 1 saturated heterocycles. The average Bonchev–Trinajstić information content (AvgIpc) is 3.36. The van der Waals surface area contributed by atoms with Gasteiger partial charge < -0.3 is 23.7 Å². The minimum Gasteiger partial charge on any atom is -0.469 e. The van der Waals surface area contributed by atoms with Gasteiger partial charge in [-0.25, -0.2) is 0 Å². The van der Waals surface area contributed by atoms with Gasteiger partial charge in [0.15, 0.2) is 6.29 Å². The summed E-state index contributed by atoms with van der Waals surface area (Å²) in [5.41, 5.74) is 1.13. The number of aryl methyl sites for hydroxylation is 1. The Balaban J connectivity index is 1.66. The van der Waals surface area contributed by atoms with Crippen LogP contribution in [0.15, 0.2) is 22.6 Å². The molecule has 1 aliphatic carbocycles. The van der Waals surface area contributed by atoms with Crippen LogP contribution in [0, 0.1) is 17.8 Å². The summed E-state index contributed by atoms with van der Waals surface area (Å²) in [6.07, 6.45) is 10.5. The maximum absolute atomic E-state index is 11.3. The molecule has 0 radical (unpaired) electrons. The molecule has 3 rings (SSSR count). The number of ether oxygens (including phenoxy) is 3. The molecular weight excluding hydrogens is 420 g/mol. The van der Waals surface area contributed by atoms with Crippen molar-refractivity contribution in [1.29, 1.82) is 0 Å². The quantitative estimate of drug-likeness (QED) is 0.224. The van der Waals surface area contributed by atoms with Crippen molar-refractivity contribution >= 4 is 5.97 Å². The van der Waals surface area contributed by atoms with E-state index >= 15 is 0 Å². The fourth-order valence-corrected chi connectivity index (χ4v) is 4.43. The summed E-state index contributed by atoms with van der Waals surface area (Å²) in [6, 6.07) is 2.12. The molecule has 6 heteroatoms. The number of furan rings is 1. The Hall–Kier alpha value is -2.07. The number of rotatable bonds is 11. The Morgan fingerprint density at radius 3 is 2.94 bits per heavy atom. The molecule has 6 nitrogen and oxygen atoms in total. The third-order valence-electron chi connectivity index (χ3n) is 6.48. The topological polar surface area (TPSA) is 78.1 Å². The third-order valence-corrected chi connectivity index (χ3v) is 6.48. The Kier molecular flexibility index (Phi) is 10.1. The number of carbonyl (C=O) groups is 1. The van der Waals surface area contributed by atoms with Crippen LogP contribution in [0.2, 0.25) is 0 Å². The number of aliphatic hydroxyl groups excluding tert-OH is 1. The fourth-order valence-electron chi connectivity index (χ4n) is 4.43. The van der Waals surface area contributed by atoms with Crippen LogP contribution in [0.4, 0.5) is 0 Å². The second-order valence-corrected chi connectivity index (χ2v) is 9.06. The number of hydrogen-bond acceptors (Lipinski definition) is 6. The number of fused-ring (bicyclic) bond motifs is 1. The lowest BCUT2D eigenvalue weighted by Gasteiger charge is -2.28. The minimum atomic E-state index is -0.564. The number of aliphatic hydroxyl groups is 1. The van der Waals surface area contributed by atoms with Crippen molar-refractivity contribution in [2.75, 3.05) is 13.7 Å². The van der Waals surface area contributed by atoms with Crippen LogP contribution in [0.25, 0.3) is 0 Å². The van der Waals surface area contributed by atoms with Crippen LogP contribution < -0.4 is 0 Å². The van der Waals surface area contributed by atoms with E-state index in [4.69, 9.17) is 18.6 Å². The molecular formula is C27H38O6. The standard InChI is InChI=1S/C27H38O6/c1-4-5-10-19(2)23(28)15-14-21-22-17-20(11-6-7-12-26(29)30-3)32-25(22)18-24(21)33-27-13-8-9-16-31-27/h14-15,17,19,21,23-24,27-28H,6-13,16,18H2,1-3H3/b15-14+/t19?,21-,23-,24-,27?/m1/s1. The van der Waals surface area contributed by atoms with Crippen LogP contribution in [0.5, 0.6) is 0 Å². The molecule has 1 aromatic heterocycles. The molecule has 2 aliphatic rings. The minimum absolute atomic E-state index is 0.0113. The molecule has 0 saturated carbocycles. The molecule has 2 heterocycles. The van der Waals surface area contributed by atoms with E-state index in [2.05, 4.69) is 24.0 Å². The van der Waals surface area contributed by atoms with E-state index in [1.165, 1.54) is 7.11 Å². The largest absolute Gasteiger partial charge is 0.469 e. The van der Waals surface area contributed by atoms with Gasteiger partial charge in [0, 0.05) is 43.8 Å². The first-order valence-corrected chi connectivity index (χ1v) is 12.2. The van der Waals surface area contributed by atoms with Crippen LogP contribution in [0.1, 0.15) is 81.8 Å². The van der Waals surface area contributed by atoms with E-state index in [0.29, 0.717) is 19.3 Å². The summed E-state index contributed by atoms with van der Waals surface area (Å²) >= 11 is 0. The van der Waals surface area contributed by atoms with E-state index in [9.17, 15) is 9.90 Å². The Bertz CT molecular complexity index is 839. The number of unbranched alkanes of at least 4 members (excludes halogenated alkanes) is 1. The second-order valence-electron chi connectivity index (χ2n) is 9.06. The van der Waals surface area contributed by atoms with Crippen molar-refractivity contribution in [3.63, 3.8) is 0 Å². The average molecular weight is 459 g/mol. The molecule has 5 atom stereocenters. The molecule has 0 amide bonds. The molecule has 1 aliphatic heterocycles. The van der Waals surface area contributed by atoms with E-state index in [-0.39, 0.29) is 30.2 Å². The summed E-state index contributed by atoms with van der Waals surface area (Å²) in [6.45, 7) is 4.57. The van der Waals surface area contributed by atoms with Crippen LogP contribution >= 0.6 is 0 Å². The zero-order valence-electron chi connectivity index (χ0n) is 20.2. The predicted molar refractivity (Wildman–Crippen MR) is 126 cm³/mol. The first-order valence-electron chi connectivity index (χ1n) is 12.2. The highest BCUT2D eigenvalue weighted by Crippen LogP contribution is 2.40. The van der Waals surface area contributed by atoms with Gasteiger partial charge in [-0.15, -0.1) is 11.8 Å². The van der Waals surface area contributed by atoms with Gasteiger partial charge in [0.05, 0.1) is 19.3 Å².